The van der Waals surface area contributed by atoms with Gasteiger partial charge in [0.25, 0.3) is 0 Å². The summed E-state index contributed by atoms with van der Waals surface area (Å²) < 4.78 is 0. The molecular weight excluding hydrogens is 148 g/mol. The molecule has 0 unspecified atom stereocenters. The Morgan fingerprint density at radius 2 is 2.25 bits per heavy atom. The van der Waals surface area contributed by atoms with E-state index in [1.807, 2.05) is 12.3 Å². The number of aromatic nitrogens is 1. The Balaban J connectivity index is 2.82. The maximum Gasteiger partial charge on any atom is 0.0631 e. The van der Waals surface area contributed by atoms with E-state index in [9.17, 15) is 0 Å². The molecule has 0 saturated heterocycles. The first-order chi connectivity index (χ1) is 5.74. The highest BCUT2D eigenvalue weighted by Gasteiger charge is 2.00. The lowest BCUT2D eigenvalue weighted by Gasteiger charge is -2.12. The van der Waals surface area contributed by atoms with Crippen LogP contribution < -0.4 is 5.32 Å². The maximum absolute atomic E-state index is 4.29. The largest absolute Gasteiger partial charge is 0.381 e. The lowest BCUT2D eigenvalue weighted by Crippen LogP contribution is -2.11. The third kappa shape index (κ3) is 2.22. The molecule has 66 valence electrons. The van der Waals surface area contributed by atoms with Crippen molar-refractivity contribution in [1.82, 2.24) is 4.98 Å². The van der Waals surface area contributed by atoms with E-state index in [-0.39, 0.29) is 0 Å². The number of nitrogens with zero attached hydrogens (tertiary/aromatic N) is 1. The summed E-state index contributed by atoms with van der Waals surface area (Å²) in [5, 5.41) is 3.36. The third-order valence-corrected chi connectivity index (χ3v) is 1.67. The number of anilines is 1. The van der Waals surface area contributed by atoms with Crippen LogP contribution in [0.25, 0.3) is 0 Å². The van der Waals surface area contributed by atoms with Crippen molar-refractivity contribution in [2.75, 3.05) is 5.32 Å². The summed E-state index contributed by atoms with van der Waals surface area (Å²) in [6.07, 6.45) is 2.82. The van der Waals surface area contributed by atoms with Crippen molar-refractivity contribution in [3.63, 3.8) is 0 Å². The molecular formula is C10H16N2. The smallest absolute Gasteiger partial charge is 0.0631 e. The summed E-state index contributed by atoms with van der Waals surface area (Å²) in [5.41, 5.74) is 2.31. The molecule has 0 aromatic carbocycles. The molecule has 0 atom stereocenters. The summed E-state index contributed by atoms with van der Waals surface area (Å²) in [7, 11) is 0. The topological polar surface area (TPSA) is 24.9 Å². The number of hydrogen-bond acceptors (Lipinski definition) is 2. The van der Waals surface area contributed by atoms with Crippen LogP contribution in [-0.2, 0) is 6.42 Å². The minimum atomic E-state index is 0.472. The molecule has 0 fully saturated rings. The van der Waals surface area contributed by atoms with Crippen molar-refractivity contribution in [3.8, 4) is 0 Å². The van der Waals surface area contributed by atoms with Crippen LogP contribution in [0.3, 0.4) is 0 Å². The van der Waals surface area contributed by atoms with Crippen molar-refractivity contribution >= 4 is 5.69 Å². The molecule has 0 amide bonds. The Kier molecular flexibility index (Phi) is 3.09. The molecule has 12 heavy (non-hydrogen) atoms. The van der Waals surface area contributed by atoms with E-state index in [4.69, 9.17) is 0 Å². The van der Waals surface area contributed by atoms with Crippen LogP contribution in [0.4, 0.5) is 5.69 Å². The zero-order valence-electron chi connectivity index (χ0n) is 7.96. The zero-order valence-corrected chi connectivity index (χ0v) is 7.96. The van der Waals surface area contributed by atoms with Crippen molar-refractivity contribution in [1.29, 1.82) is 0 Å². The van der Waals surface area contributed by atoms with Gasteiger partial charge in [0.2, 0.25) is 0 Å². The molecule has 2 nitrogen and oxygen atoms in total. The maximum atomic E-state index is 4.29. The molecule has 1 rings (SSSR count). The first kappa shape index (κ1) is 9.04. The highest BCUT2D eigenvalue weighted by atomic mass is 14.9. The second-order valence-corrected chi connectivity index (χ2v) is 3.15. The van der Waals surface area contributed by atoms with Crippen LogP contribution in [0, 0.1) is 0 Å². The molecule has 1 N–H and O–H groups in total. The zero-order chi connectivity index (χ0) is 8.97. The number of aryl methyl sites for hydroxylation is 1. The van der Waals surface area contributed by atoms with E-state index >= 15 is 0 Å². The van der Waals surface area contributed by atoms with Crippen LogP contribution in [0.2, 0.25) is 0 Å². The predicted molar refractivity (Wildman–Crippen MR) is 52.4 cm³/mol. The van der Waals surface area contributed by atoms with E-state index in [2.05, 4.69) is 37.1 Å². The molecule has 1 aromatic heterocycles. The summed E-state index contributed by atoms with van der Waals surface area (Å²) in [5.74, 6) is 0. The molecule has 0 spiro atoms. The van der Waals surface area contributed by atoms with E-state index in [0.29, 0.717) is 6.04 Å². The normalized spacial score (nSPS) is 10.3. The number of rotatable bonds is 3. The molecule has 1 aromatic rings. The summed E-state index contributed by atoms with van der Waals surface area (Å²) >= 11 is 0. The van der Waals surface area contributed by atoms with Gasteiger partial charge in [-0.1, -0.05) is 6.92 Å². The average molecular weight is 164 g/mol. The SMILES string of the molecule is CCc1ncccc1NC(C)C. The summed E-state index contributed by atoms with van der Waals surface area (Å²) in [6.45, 7) is 6.38. The fraction of sp³-hybridized carbons (Fsp3) is 0.500. The molecule has 0 aliphatic rings. The van der Waals surface area contributed by atoms with Gasteiger partial charge in [-0.05, 0) is 32.4 Å². The first-order valence-electron chi connectivity index (χ1n) is 4.44. The lowest BCUT2D eigenvalue weighted by atomic mass is 10.2. The van der Waals surface area contributed by atoms with Gasteiger partial charge in [-0.25, -0.2) is 0 Å². The van der Waals surface area contributed by atoms with Gasteiger partial charge < -0.3 is 5.32 Å². The fourth-order valence-corrected chi connectivity index (χ4v) is 1.16. The number of hydrogen-bond donors (Lipinski definition) is 1. The van der Waals surface area contributed by atoms with Gasteiger partial charge in [-0.3, -0.25) is 4.98 Å². The minimum Gasteiger partial charge on any atom is -0.381 e. The molecule has 0 saturated carbocycles. The van der Waals surface area contributed by atoms with Gasteiger partial charge in [-0.2, -0.15) is 0 Å². The summed E-state index contributed by atoms with van der Waals surface area (Å²) in [6, 6.07) is 4.51. The van der Waals surface area contributed by atoms with Crippen molar-refractivity contribution in [3.05, 3.63) is 24.0 Å². The van der Waals surface area contributed by atoms with E-state index in [1.54, 1.807) is 0 Å². The monoisotopic (exact) mass is 164 g/mol. The second-order valence-electron chi connectivity index (χ2n) is 3.15. The number of nitrogens with one attached hydrogen (secondary N) is 1. The Labute approximate surface area is 74.0 Å². The van der Waals surface area contributed by atoms with Crippen LogP contribution in [0.15, 0.2) is 18.3 Å². The van der Waals surface area contributed by atoms with E-state index in [0.717, 1.165) is 17.8 Å². The van der Waals surface area contributed by atoms with Crippen LogP contribution in [0.5, 0.6) is 0 Å². The van der Waals surface area contributed by atoms with E-state index < -0.39 is 0 Å². The molecule has 1 heterocycles. The van der Waals surface area contributed by atoms with Crippen LogP contribution in [-0.4, -0.2) is 11.0 Å². The standard InChI is InChI=1S/C10H16N2/c1-4-9-10(12-8(2)3)6-5-7-11-9/h5-8,12H,4H2,1-3H3. The molecule has 0 aliphatic heterocycles. The molecule has 0 bridgehead atoms. The Hall–Kier alpha value is -1.05. The fourth-order valence-electron chi connectivity index (χ4n) is 1.16. The second kappa shape index (κ2) is 4.10. The first-order valence-corrected chi connectivity index (χ1v) is 4.44. The average Bonchev–Trinajstić information content (AvgIpc) is 2.04. The lowest BCUT2D eigenvalue weighted by molar-refractivity contribution is 0.886. The highest BCUT2D eigenvalue weighted by Crippen LogP contribution is 2.13. The van der Waals surface area contributed by atoms with Crippen LogP contribution >= 0.6 is 0 Å². The van der Waals surface area contributed by atoms with Gasteiger partial charge in [-0.15, -0.1) is 0 Å². The van der Waals surface area contributed by atoms with E-state index in [1.165, 1.54) is 0 Å². The Morgan fingerprint density at radius 1 is 1.50 bits per heavy atom. The van der Waals surface area contributed by atoms with Crippen molar-refractivity contribution in [2.24, 2.45) is 0 Å². The Morgan fingerprint density at radius 3 is 2.83 bits per heavy atom. The van der Waals surface area contributed by atoms with Gasteiger partial charge in [0.15, 0.2) is 0 Å². The molecule has 0 aliphatic carbocycles. The highest BCUT2D eigenvalue weighted by molar-refractivity contribution is 5.47. The molecule has 2 heteroatoms. The third-order valence-electron chi connectivity index (χ3n) is 1.67. The van der Waals surface area contributed by atoms with Crippen molar-refractivity contribution < 1.29 is 0 Å². The van der Waals surface area contributed by atoms with Gasteiger partial charge >= 0.3 is 0 Å². The van der Waals surface area contributed by atoms with Gasteiger partial charge in [0.1, 0.15) is 0 Å². The minimum absolute atomic E-state index is 0.472. The molecule has 0 radical (unpaired) electrons. The predicted octanol–water partition coefficient (Wildman–Crippen LogP) is 2.46. The number of pyridine rings is 1. The van der Waals surface area contributed by atoms with Gasteiger partial charge in [0.05, 0.1) is 11.4 Å². The van der Waals surface area contributed by atoms with Crippen LogP contribution in [0.1, 0.15) is 26.5 Å². The van der Waals surface area contributed by atoms with Crippen molar-refractivity contribution in [2.45, 2.75) is 33.2 Å². The Bertz CT molecular complexity index is 243. The van der Waals surface area contributed by atoms with Gasteiger partial charge in [0, 0.05) is 12.2 Å². The quantitative estimate of drug-likeness (QED) is 0.742. The summed E-state index contributed by atoms with van der Waals surface area (Å²) in [4.78, 5) is 4.29.